The SMILES string of the molecule is O=C1CC(c2noc(-c3ccccc3)n2)CN1Cc1ccc(Cl)cc1. The van der Waals surface area contributed by atoms with Crippen molar-refractivity contribution in [2.45, 2.75) is 18.9 Å². The van der Waals surface area contributed by atoms with Crippen LogP contribution < -0.4 is 0 Å². The number of halogens is 1. The second-order valence-corrected chi connectivity index (χ2v) is 6.56. The average molecular weight is 354 g/mol. The van der Waals surface area contributed by atoms with Crippen LogP contribution in [-0.4, -0.2) is 27.5 Å². The molecule has 1 amide bonds. The van der Waals surface area contributed by atoms with Crippen LogP contribution in [0.15, 0.2) is 59.1 Å². The first-order chi connectivity index (χ1) is 12.2. The number of aromatic nitrogens is 2. The number of nitrogens with zero attached hydrogens (tertiary/aromatic N) is 3. The van der Waals surface area contributed by atoms with Gasteiger partial charge in [0.25, 0.3) is 5.89 Å². The Morgan fingerprint density at radius 1 is 1.12 bits per heavy atom. The number of benzene rings is 2. The van der Waals surface area contributed by atoms with Crippen LogP contribution in [0.3, 0.4) is 0 Å². The molecular formula is C19H16ClN3O2. The summed E-state index contributed by atoms with van der Waals surface area (Å²) in [6.45, 7) is 1.16. The highest BCUT2D eigenvalue weighted by Crippen LogP contribution is 2.29. The lowest BCUT2D eigenvalue weighted by molar-refractivity contribution is -0.128. The van der Waals surface area contributed by atoms with Gasteiger partial charge in [0.2, 0.25) is 5.91 Å². The standard InChI is InChI=1S/C19H16ClN3O2/c20-16-8-6-13(7-9-16)11-23-12-15(10-17(23)24)18-21-19(25-22-18)14-4-2-1-3-5-14/h1-9,15H,10-12H2. The monoisotopic (exact) mass is 353 g/mol. The third-order valence-electron chi connectivity index (χ3n) is 4.33. The molecular weight excluding hydrogens is 338 g/mol. The van der Waals surface area contributed by atoms with Gasteiger partial charge in [0.15, 0.2) is 5.82 Å². The van der Waals surface area contributed by atoms with Gasteiger partial charge in [0.1, 0.15) is 0 Å². The molecule has 1 fully saturated rings. The third-order valence-corrected chi connectivity index (χ3v) is 4.58. The number of hydrogen-bond acceptors (Lipinski definition) is 4. The molecule has 0 spiro atoms. The maximum absolute atomic E-state index is 12.3. The molecule has 0 N–H and O–H groups in total. The second kappa shape index (κ2) is 6.69. The lowest BCUT2D eigenvalue weighted by atomic mass is 10.1. The summed E-state index contributed by atoms with van der Waals surface area (Å²) in [5, 5.41) is 4.77. The highest BCUT2D eigenvalue weighted by molar-refractivity contribution is 6.30. The minimum Gasteiger partial charge on any atom is -0.338 e. The van der Waals surface area contributed by atoms with Crippen LogP contribution in [0.25, 0.3) is 11.5 Å². The average Bonchev–Trinajstić information content (AvgIpc) is 3.25. The smallest absolute Gasteiger partial charge is 0.257 e. The molecule has 25 heavy (non-hydrogen) atoms. The molecule has 1 aromatic heterocycles. The fourth-order valence-corrected chi connectivity index (χ4v) is 3.13. The summed E-state index contributed by atoms with van der Waals surface area (Å²) in [7, 11) is 0. The molecule has 0 radical (unpaired) electrons. The van der Waals surface area contributed by atoms with Crippen LogP contribution >= 0.6 is 11.6 Å². The van der Waals surface area contributed by atoms with Crippen LogP contribution in [0, 0.1) is 0 Å². The van der Waals surface area contributed by atoms with Gasteiger partial charge in [-0.2, -0.15) is 4.98 Å². The van der Waals surface area contributed by atoms with Gasteiger partial charge in [-0.3, -0.25) is 4.79 Å². The molecule has 2 aromatic carbocycles. The molecule has 1 unspecified atom stereocenters. The van der Waals surface area contributed by atoms with Crippen molar-refractivity contribution in [3.63, 3.8) is 0 Å². The van der Waals surface area contributed by atoms with Crippen molar-refractivity contribution in [3.8, 4) is 11.5 Å². The zero-order chi connectivity index (χ0) is 17.2. The Labute approximate surface area is 150 Å². The zero-order valence-electron chi connectivity index (χ0n) is 13.4. The fraction of sp³-hybridized carbons (Fsp3) is 0.211. The van der Waals surface area contributed by atoms with E-state index in [4.69, 9.17) is 16.1 Å². The van der Waals surface area contributed by atoms with E-state index in [2.05, 4.69) is 10.1 Å². The number of rotatable bonds is 4. The van der Waals surface area contributed by atoms with Crippen LogP contribution in [0.2, 0.25) is 5.02 Å². The van der Waals surface area contributed by atoms with E-state index in [1.54, 1.807) is 0 Å². The molecule has 6 heteroatoms. The van der Waals surface area contributed by atoms with Gasteiger partial charge in [-0.25, -0.2) is 0 Å². The van der Waals surface area contributed by atoms with Crippen molar-refractivity contribution in [2.75, 3.05) is 6.54 Å². The van der Waals surface area contributed by atoms with Gasteiger partial charge in [-0.1, -0.05) is 47.1 Å². The van der Waals surface area contributed by atoms with Crippen LogP contribution in [0.1, 0.15) is 23.7 Å². The van der Waals surface area contributed by atoms with E-state index in [1.165, 1.54) is 0 Å². The Morgan fingerprint density at radius 2 is 1.88 bits per heavy atom. The van der Waals surface area contributed by atoms with E-state index in [1.807, 2.05) is 59.5 Å². The van der Waals surface area contributed by atoms with E-state index in [0.717, 1.165) is 11.1 Å². The molecule has 5 nitrogen and oxygen atoms in total. The van der Waals surface area contributed by atoms with Crippen molar-refractivity contribution >= 4 is 17.5 Å². The Morgan fingerprint density at radius 3 is 2.64 bits per heavy atom. The van der Waals surface area contributed by atoms with Crippen molar-refractivity contribution < 1.29 is 9.32 Å². The minimum absolute atomic E-state index is 0.0407. The summed E-state index contributed by atoms with van der Waals surface area (Å²) in [5.41, 5.74) is 1.93. The van der Waals surface area contributed by atoms with E-state index in [0.29, 0.717) is 36.2 Å². The molecule has 1 atom stereocenters. The number of carbonyl (C=O) groups excluding carboxylic acids is 1. The Hall–Kier alpha value is -2.66. The molecule has 0 saturated carbocycles. The van der Waals surface area contributed by atoms with Gasteiger partial charge in [-0.15, -0.1) is 0 Å². The van der Waals surface area contributed by atoms with Gasteiger partial charge >= 0.3 is 0 Å². The molecule has 2 heterocycles. The quantitative estimate of drug-likeness (QED) is 0.713. The summed E-state index contributed by atoms with van der Waals surface area (Å²) in [6.07, 6.45) is 0.404. The zero-order valence-corrected chi connectivity index (χ0v) is 14.2. The molecule has 0 bridgehead atoms. The van der Waals surface area contributed by atoms with Crippen molar-refractivity contribution in [3.05, 3.63) is 71.0 Å². The van der Waals surface area contributed by atoms with Crippen LogP contribution in [0.5, 0.6) is 0 Å². The lowest BCUT2D eigenvalue weighted by Crippen LogP contribution is -2.24. The highest BCUT2D eigenvalue weighted by Gasteiger charge is 2.33. The first-order valence-electron chi connectivity index (χ1n) is 8.10. The van der Waals surface area contributed by atoms with Crippen molar-refractivity contribution in [2.24, 2.45) is 0 Å². The molecule has 0 aliphatic carbocycles. The van der Waals surface area contributed by atoms with Crippen molar-refractivity contribution in [1.82, 2.24) is 15.0 Å². The van der Waals surface area contributed by atoms with Crippen LogP contribution in [0.4, 0.5) is 0 Å². The van der Waals surface area contributed by atoms with Gasteiger partial charge in [0, 0.05) is 36.0 Å². The fourth-order valence-electron chi connectivity index (χ4n) is 3.01. The first kappa shape index (κ1) is 15.8. The summed E-state index contributed by atoms with van der Waals surface area (Å²) >= 11 is 5.91. The summed E-state index contributed by atoms with van der Waals surface area (Å²) in [6, 6.07) is 17.2. The van der Waals surface area contributed by atoms with E-state index in [-0.39, 0.29) is 11.8 Å². The Balaban J connectivity index is 1.47. The van der Waals surface area contributed by atoms with Gasteiger partial charge in [-0.05, 0) is 29.8 Å². The highest BCUT2D eigenvalue weighted by atomic mass is 35.5. The Kier molecular flexibility index (Phi) is 4.24. The predicted octanol–water partition coefficient (Wildman–Crippen LogP) is 3.91. The summed E-state index contributed by atoms with van der Waals surface area (Å²) in [4.78, 5) is 18.6. The lowest BCUT2D eigenvalue weighted by Gasteiger charge is -2.16. The first-order valence-corrected chi connectivity index (χ1v) is 8.48. The molecule has 4 rings (SSSR count). The topological polar surface area (TPSA) is 59.2 Å². The summed E-state index contributed by atoms with van der Waals surface area (Å²) in [5.74, 6) is 1.14. The molecule has 1 aliphatic rings. The maximum Gasteiger partial charge on any atom is 0.257 e. The van der Waals surface area contributed by atoms with Crippen molar-refractivity contribution in [1.29, 1.82) is 0 Å². The number of hydrogen-bond donors (Lipinski definition) is 0. The molecule has 1 saturated heterocycles. The molecule has 1 aliphatic heterocycles. The van der Waals surface area contributed by atoms with Crippen LogP contribution in [-0.2, 0) is 11.3 Å². The van der Waals surface area contributed by atoms with E-state index < -0.39 is 0 Å². The van der Waals surface area contributed by atoms with E-state index >= 15 is 0 Å². The summed E-state index contributed by atoms with van der Waals surface area (Å²) < 4.78 is 5.36. The third kappa shape index (κ3) is 3.42. The number of carbonyl (C=O) groups is 1. The normalized spacial score (nSPS) is 17.2. The maximum atomic E-state index is 12.3. The largest absolute Gasteiger partial charge is 0.338 e. The molecule has 126 valence electrons. The predicted molar refractivity (Wildman–Crippen MR) is 94.0 cm³/mol. The number of amides is 1. The Bertz CT molecular complexity index is 877. The van der Waals surface area contributed by atoms with Gasteiger partial charge in [0.05, 0.1) is 0 Å². The number of likely N-dealkylation sites (tertiary alicyclic amines) is 1. The van der Waals surface area contributed by atoms with Gasteiger partial charge < -0.3 is 9.42 Å². The second-order valence-electron chi connectivity index (χ2n) is 6.13. The van der Waals surface area contributed by atoms with E-state index in [9.17, 15) is 4.79 Å². The minimum atomic E-state index is -0.0407. The molecule has 3 aromatic rings.